The van der Waals surface area contributed by atoms with Gasteiger partial charge in [0, 0.05) is 16.7 Å². The number of benzene rings is 1. The summed E-state index contributed by atoms with van der Waals surface area (Å²) in [6.45, 7) is 12.0. The Morgan fingerprint density at radius 2 is 1.86 bits per heavy atom. The summed E-state index contributed by atoms with van der Waals surface area (Å²) in [4.78, 5) is 4.90. The van der Waals surface area contributed by atoms with Gasteiger partial charge in [-0.25, -0.2) is 4.98 Å². The zero-order valence-electron chi connectivity index (χ0n) is 13.7. The molecule has 2 nitrogen and oxygen atoms in total. The van der Waals surface area contributed by atoms with E-state index < -0.39 is 0 Å². The summed E-state index contributed by atoms with van der Waals surface area (Å²) in [7, 11) is 0. The molecule has 0 amide bonds. The number of likely N-dealkylation sites (N-methyl/N-ethyl adjacent to an activating group) is 1. The topological polar surface area (TPSA) is 24.9 Å². The maximum atomic E-state index is 4.90. The van der Waals surface area contributed by atoms with Gasteiger partial charge in [-0.15, -0.1) is 11.3 Å². The molecule has 0 radical (unpaired) electrons. The Morgan fingerprint density at radius 1 is 1.19 bits per heavy atom. The Hall–Kier alpha value is -1.19. The number of hydrogen-bond donors (Lipinski definition) is 1. The number of hydrogen-bond acceptors (Lipinski definition) is 3. The highest BCUT2D eigenvalue weighted by Crippen LogP contribution is 2.34. The Bertz CT molecular complexity index is 554. The molecule has 2 atom stereocenters. The first-order valence-electron chi connectivity index (χ1n) is 7.67. The van der Waals surface area contributed by atoms with Gasteiger partial charge >= 0.3 is 0 Å². The molecule has 0 aliphatic carbocycles. The number of rotatable bonds is 5. The van der Waals surface area contributed by atoms with E-state index in [0.717, 1.165) is 6.54 Å². The van der Waals surface area contributed by atoms with Crippen molar-refractivity contribution in [3.8, 4) is 0 Å². The summed E-state index contributed by atoms with van der Waals surface area (Å²) >= 11 is 1.77. The van der Waals surface area contributed by atoms with Crippen LogP contribution in [0.2, 0.25) is 0 Å². The van der Waals surface area contributed by atoms with Crippen molar-refractivity contribution in [2.45, 2.75) is 52.0 Å². The maximum absolute atomic E-state index is 4.90. The molecule has 1 N–H and O–H groups in total. The van der Waals surface area contributed by atoms with E-state index in [4.69, 9.17) is 4.98 Å². The van der Waals surface area contributed by atoms with Crippen LogP contribution in [0, 0.1) is 0 Å². The number of aromatic nitrogens is 1. The Morgan fingerprint density at radius 3 is 2.38 bits per heavy atom. The van der Waals surface area contributed by atoms with Gasteiger partial charge in [0.25, 0.3) is 0 Å². The lowest BCUT2D eigenvalue weighted by atomic mass is 9.92. The zero-order valence-corrected chi connectivity index (χ0v) is 14.5. The summed E-state index contributed by atoms with van der Waals surface area (Å²) in [5, 5.41) is 7.01. The third kappa shape index (κ3) is 3.92. The van der Waals surface area contributed by atoms with E-state index in [1.165, 1.54) is 16.3 Å². The van der Waals surface area contributed by atoms with Gasteiger partial charge in [-0.2, -0.15) is 0 Å². The van der Waals surface area contributed by atoms with Crippen molar-refractivity contribution >= 4 is 11.3 Å². The van der Waals surface area contributed by atoms with E-state index in [0.29, 0.717) is 5.92 Å². The van der Waals surface area contributed by atoms with Gasteiger partial charge in [0.1, 0.15) is 5.01 Å². The maximum Gasteiger partial charge on any atom is 0.110 e. The third-order valence-electron chi connectivity index (χ3n) is 3.81. The quantitative estimate of drug-likeness (QED) is 0.850. The molecular formula is C18H26N2S. The van der Waals surface area contributed by atoms with Crippen LogP contribution in [0.1, 0.15) is 62.8 Å². The molecule has 21 heavy (non-hydrogen) atoms. The van der Waals surface area contributed by atoms with Crippen LogP contribution in [0.5, 0.6) is 0 Å². The van der Waals surface area contributed by atoms with Crippen LogP contribution in [0.3, 0.4) is 0 Å². The molecule has 2 rings (SSSR count). The van der Waals surface area contributed by atoms with Crippen LogP contribution in [0.4, 0.5) is 0 Å². The van der Waals surface area contributed by atoms with Crippen molar-refractivity contribution in [3.63, 3.8) is 0 Å². The molecule has 1 heterocycles. The summed E-state index contributed by atoms with van der Waals surface area (Å²) in [6, 6.07) is 11.0. The van der Waals surface area contributed by atoms with E-state index in [-0.39, 0.29) is 11.5 Å². The summed E-state index contributed by atoms with van der Waals surface area (Å²) in [6.07, 6.45) is 0. The lowest BCUT2D eigenvalue weighted by Gasteiger charge is -2.23. The Labute approximate surface area is 132 Å². The second-order valence-electron chi connectivity index (χ2n) is 6.56. The van der Waals surface area contributed by atoms with E-state index >= 15 is 0 Å². The van der Waals surface area contributed by atoms with Gasteiger partial charge in [-0.3, -0.25) is 0 Å². The molecule has 0 aliphatic heterocycles. The number of nitrogens with zero attached hydrogens (tertiary/aromatic N) is 1. The van der Waals surface area contributed by atoms with Crippen LogP contribution in [-0.2, 0) is 5.41 Å². The molecule has 2 unspecified atom stereocenters. The molecule has 0 saturated carbocycles. The molecule has 0 saturated heterocycles. The standard InChI is InChI=1S/C18H26N2S/c1-6-19-16(13(2)14-10-8-7-9-11-14)17-20-15(12-21-17)18(3,4)5/h7-13,16,19H,6H2,1-5H3. The lowest BCUT2D eigenvalue weighted by molar-refractivity contribution is 0.472. The molecule has 1 aromatic heterocycles. The van der Waals surface area contributed by atoms with Crippen molar-refractivity contribution in [1.82, 2.24) is 10.3 Å². The van der Waals surface area contributed by atoms with Crippen LogP contribution in [0.15, 0.2) is 35.7 Å². The molecule has 114 valence electrons. The first kappa shape index (κ1) is 16.2. The first-order valence-corrected chi connectivity index (χ1v) is 8.55. The SMILES string of the molecule is CCNC(c1nc(C(C)(C)C)cs1)C(C)c1ccccc1. The molecular weight excluding hydrogens is 276 g/mol. The van der Waals surface area contributed by atoms with E-state index in [1.54, 1.807) is 11.3 Å². The van der Waals surface area contributed by atoms with Crippen LogP contribution in [-0.4, -0.2) is 11.5 Å². The van der Waals surface area contributed by atoms with Gasteiger partial charge in [0.15, 0.2) is 0 Å². The highest BCUT2D eigenvalue weighted by Gasteiger charge is 2.25. The summed E-state index contributed by atoms with van der Waals surface area (Å²) in [5.41, 5.74) is 2.66. The van der Waals surface area contributed by atoms with Crippen molar-refractivity contribution in [1.29, 1.82) is 0 Å². The lowest BCUT2D eigenvalue weighted by Crippen LogP contribution is -2.26. The fourth-order valence-corrected chi connectivity index (χ4v) is 3.65. The summed E-state index contributed by atoms with van der Waals surface area (Å²) < 4.78 is 0. The van der Waals surface area contributed by atoms with Gasteiger partial charge < -0.3 is 5.32 Å². The monoisotopic (exact) mass is 302 g/mol. The largest absolute Gasteiger partial charge is 0.308 e. The molecule has 0 fully saturated rings. The van der Waals surface area contributed by atoms with Gasteiger partial charge in [-0.1, -0.05) is 65.0 Å². The Kier molecular flexibility index (Phi) is 5.17. The van der Waals surface area contributed by atoms with Crippen LogP contribution >= 0.6 is 11.3 Å². The first-order chi connectivity index (χ1) is 9.93. The van der Waals surface area contributed by atoms with Crippen molar-refractivity contribution in [2.24, 2.45) is 0 Å². The van der Waals surface area contributed by atoms with Gasteiger partial charge in [-0.05, 0) is 12.1 Å². The second kappa shape index (κ2) is 6.71. The van der Waals surface area contributed by atoms with Crippen LogP contribution < -0.4 is 5.32 Å². The van der Waals surface area contributed by atoms with Gasteiger partial charge in [0.05, 0.1) is 11.7 Å². The predicted molar refractivity (Wildman–Crippen MR) is 92.1 cm³/mol. The zero-order chi connectivity index (χ0) is 15.5. The van der Waals surface area contributed by atoms with Crippen molar-refractivity contribution in [2.75, 3.05) is 6.54 Å². The fraction of sp³-hybridized carbons (Fsp3) is 0.500. The number of thiazole rings is 1. The van der Waals surface area contributed by atoms with Crippen molar-refractivity contribution < 1.29 is 0 Å². The number of nitrogens with one attached hydrogen (secondary N) is 1. The molecule has 0 aliphatic rings. The van der Waals surface area contributed by atoms with E-state index in [2.05, 4.69) is 75.6 Å². The highest BCUT2D eigenvalue weighted by molar-refractivity contribution is 7.09. The molecule has 3 heteroatoms. The molecule has 0 spiro atoms. The van der Waals surface area contributed by atoms with Gasteiger partial charge in [0.2, 0.25) is 0 Å². The van der Waals surface area contributed by atoms with E-state index in [1.807, 2.05) is 0 Å². The molecule has 2 aromatic rings. The highest BCUT2D eigenvalue weighted by atomic mass is 32.1. The molecule has 0 bridgehead atoms. The van der Waals surface area contributed by atoms with Crippen LogP contribution in [0.25, 0.3) is 0 Å². The third-order valence-corrected chi connectivity index (χ3v) is 4.73. The summed E-state index contributed by atoms with van der Waals surface area (Å²) in [5.74, 6) is 0.408. The normalized spacial score (nSPS) is 14.9. The molecule has 1 aromatic carbocycles. The smallest absolute Gasteiger partial charge is 0.110 e. The van der Waals surface area contributed by atoms with Crippen molar-refractivity contribution in [3.05, 3.63) is 52.0 Å². The minimum atomic E-state index is 0.113. The second-order valence-corrected chi connectivity index (χ2v) is 7.45. The van der Waals surface area contributed by atoms with E-state index in [9.17, 15) is 0 Å². The average Bonchev–Trinajstić information content (AvgIpc) is 2.94. The minimum Gasteiger partial charge on any atom is -0.308 e. The minimum absolute atomic E-state index is 0.113. The average molecular weight is 302 g/mol. The predicted octanol–water partition coefficient (Wildman–Crippen LogP) is 4.89. The Balaban J connectivity index is 2.29. The fourth-order valence-electron chi connectivity index (χ4n) is 2.42.